The Bertz CT molecular complexity index is 282. The fourth-order valence-electron chi connectivity index (χ4n) is 3.45. The molecule has 2 saturated carbocycles. The number of hydrogen-bond donors (Lipinski definition) is 1. The summed E-state index contributed by atoms with van der Waals surface area (Å²) in [6.45, 7) is 12.4. The largest absolute Gasteiger partial charge is 0.309 e. The topological polar surface area (TPSA) is 15.3 Å². The molecule has 3 rings (SSSR count). The summed E-state index contributed by atoms with van der Waals surface area (Å²) in [5.74, 6) is 1.93. The standard InChI is InChI=1S/C14H26N2/c1-13(2)8-12(13)9-16-7-6-15-14(3,10-16)11-4-5-11/h11-12,15H,4-10H2,1-3H3. The molecule has 1 heterocycles. The minimum Gasteiger partial charge on any atom is -0.309 e. The summed E-state index contributed by atoms with van der Waals surface area (Å²) < 4.78 is 0. The van der Waals surface area contributed by atoms with Gasteiger partial charge in [0.25, 0.3) is 0 Å². The van der Waals surface area contributed by atoms with Crippen molar-refractivity contribution in [3.05, 3.63) is 0 Å². The summed E-state index contributed by atoms with van der Waals surface area (Å²) in [4.78, 5) is 2.72. The number of nitrogens with one attached hydrogen (secondary N) is 1. The van der Waals surface area contributed by atoms with E-state index in [1.165, 1.54) is 45.4 Å². The van der Waals surface area contributed by atoms with E-state index < -0.39 is 0 Å². The predicted molar refractivity (Wildman–Crippen MR) is 67.5 cm³/mol. The van der Waals surface area contributed by atoms with Crippen molar-refractivity contribution in [1.29, 1.82) is 0 Å². The van der Waals surface area contributed by atoms with Crippen molar-refractivity contribution < 1.29 is 0 Å². The van der Waals surface area contributed by atoms with Crippen LogP contribution in [0.15, 0.2) is 0 Å². The smallest absolute Gasteiger partial charge is 0.0309 e. The van der Waals surface area contributed by atoms with Gasteiger partial charge in [0, 0.05) is 31.7 Å². The Kier molecular flexibility index (Phi) is 2.38. The Balaban J connectivity index is 1.56. The van der Waals surface area contributed by atoms with Gasteiger partial charge >= 0.3 is 0 Å². The molecule has 2 unspecified atom stereocenters. The van der Waals surface area contributed by atoms with Crippen LogP contribution in [0, 0.1) is 17.3 Å². The van der Waals surface area contributed by atoms with Crippen molar-refractivity contribution in [3.8, 4) is 0 Å². The molecule has 0 aromatic rings. The average molecular weight is 222 g/mol. The normalized spacial score (nSPS) is 43.3. The lowest BCUT2D eigenvalue weighted by atomic mass is 9.92. The SMILES string of the molecule is CC1(C)CC1CN1CCNC(C)(C2CC2)C1. The van der Waals surface area contributed by atoms with E-state index in [1.54, 1.807) is 0 Å². The van der Waals surface area contributed by atoms with Gasteiger partial charge in [-0.3, -0.25) is 4.90 Å². The lowest BCUT2D eigenvalue weighted by molar-refractivity contribution is 0.119. The average Bonchev–Trinajstić information content (AvgIpc) is 3.04. The van der Waals surface area contributed by atoms with E-state index in [0.717, 1.165) is 11.8 Å². The van der Waals surface area contributed by atoms with Gasteiger partial charge < -0.3 is 5.32 Å². The first-order chi connectivity index (χ1) is 7.50. The lowest BCUT2D eigenvalue weighted by Crippen LogP contribution is -2.60. The van der Waals surface area contributed by atoms with Crippen LogP contribution in [0.25, 0.3) is 0 Å². The number of nitrogens with zero attached hydrogens (tertiary/aromatic N) is 1. The van der Waals surface area contributed by atoms with E-state index in [1.807, 2.05) is 0 Å². The van der Waals surface area contributed by atoms with Crippen molar-refractivity contribution in [3.63, 3.8) is 0 Å². The molecule has 1 saturated heterocycles. The van der Waals surface area contributed by atoms with Gasteiger partial charge in [-0.05, 0) is 43.4 Å². The van der Waals surface area contributed by atoms with Crippen molar-refractivity contribution in [2.75, 3.05) is 26.2 Å². The van der Waals surface area contributed by atoms with E-state index >= 15 is 0 Å². The summed E-state index contributed by atoms with van der Waals surface area (Å²) >= 11 is 0. The second-order valence-corrected chi connectivity index (χ2v) is 7.24. The molecular weight excluding hydrogens is 196 g/mol. The molecule has 3 fully saturated rings. The zero-order valence-electron chi connectivity index (χ0n) is 11.1. The fourth-order valence-corrected chi connectivity index (χ4v) is 3.45. The molecule has 0 amide bonds. The van der Waals surface area contributed by atoms with Crippen LogP contribution in [-0.4, -0.2) is 36.6 Å². The van der Waals surface area contributed by atoms with Crippen LogP contribution < -0.4 is 5.32 Å². The van der Waals surface area contributed by atoms with Crippen molar-refractivity contribution in [2.24, 2.45) is 17.3 Å². The van der Waals surface area contributed by atoms with Crippen LogP contribution in [0.3, 0.4) is 0 Å². The quantitative estimate of drug-likeness (QED) is 0.787. The molecule has 92 valence electrons. The molecule has 2 heteroatoms. The molecule has 16 heavy (non-hydrogen) atoms. The lowest BCUT2D eigenvalue weighted by Gasteiger charge is -2.42. The Morgan fingerprint density at radius 2 is 1.94 bits per heavy atom. The molecule has 0 bridgehead atoms. The van der Waals surface area contributed by atoms with E-state index in [4.69, 9.17) is 0 Å². The molecule has 1 aliphatic heterocycles. The highest BCUT2D eigenvalue weighted by molar-refractivity contribution is 5.04. The molecule has 0 spiro atoms. The minimum atomic E-state index is 0.428. The molecule has 0 aromatic heterocycles. The van der Waals surface area contributed by atoms with E-state index in [-0.39, 0.29) is 0 Å². The van der Waals surface area contributed by atoms with Crippen molar-refractivity contribution >= 4 is 0 Å². The summed E-state index contributed by atoms with van der Waals surface area (Å²) in [5, 5.41) is 3.76. The molecule has 0 radical (unpaired) electrons. The van der Waals surface area contributed by atoms with Crippen LogP contribution in [-0.2, 0) is 0 Å². The second kappa shape index (κ2) is 3.46. The summed E-state index contributed by atoms with van der Waals surface area (Å²) in [6.07, 6.45) is 4.34. The molecule has 3 aliphatic rings. The van der Waals surface area contributed by atoms with Crippen LogP contribution in [0.2, 0.25) is 0 Å². The maximum absolute atomic E-state index is 3.76. The van der Waals surface area contributed by atoms with Crippen LogP contribution >= 0.6 is 0 Å². The predicted octanol–water partition coefficient (Wildman–Crippen LogP) is 2.11. The van der Waals surface area contributed by atoms with Gasteiger partial charge in [0.2, 0.25) is 0 Å². The number of hydrogen-bond acceptors (Lipinski definition) is 2. The number of piperazine rings is 1. The first-order valence-electron chi connectivity index (χ1n) is 6.97. The van der Waals surface area contributed by atoms with Gasteiger partial charge in [-0.15, -0.1) is 0 Å². The summed E-state index contributed by atoms with van der Waals surface area (Å²) in [5.41, 5.74) is 1.07. The zero-order chi connectivity index (χ0) is 11.4. The molecular formula is C14H26N2. The van der Waals surface area contributed by atoms with E-state index in [0.29, 0.717) is 11.0 Å². The van der Waals surface area contributed by atoms with Gasteiger partial charge in [0.1, 0.15) is 0 Å². The third kappa shape index (κ3) is 2.02. The fraction of sp³-hybridized carbons (Fsp3) is 1.00. The zero-order valence-corrected chi connectivity index (χ0v) is 11.1. The second-order valence-electron chi connectivity index (χ2n) is 7.24. The van der Waals surface area contributed by atoms with Gasteiger partial charge in [-0.2, -0.15) is 0 Å². The van der Waals surface area contributed by atoms with Crippen LogP contribution in [0.4, 0.5) is 0 Å². The highest BCUT2D eigenvalue weighted by Crippen LogP contribution is 2.52. The van der Waals surface area contributed by atoms with Crippen LogP contribution in [0.1, 0.15) is 40.0 Å². The van der Waals surface area contributed by atoms with Gasteiger partial charge in [-0.1, -0.05) is 13.8 Å². The number of rotatable bonds is 3. The Morgan fingerprint density at radius 3 is 2.50 bits per heavy atom. The maximum atomic E-state index is 3.76. The first kappa shape index (κ1) is 11.0. The molecule has 1 N–H and O–H groups in total. The minimum absolute atomic E-state index is 0.428. The third-order valence-electron chi connectivity index (χ3n) is 5.18. The van der Waals surface area contributed by atoms with Crippen molar-refractivity contribution in [2.45, 2.75) is 45.6 Å². The summed E-state index contributed by atoms with van der Waals surface area (Å²) in [7, 11) is 0. The Labute approximate surface area is 99.8 Å². The highest BCUT2D eigenvalue weighted by Gasteiger charge is 2.48. The Morgan fingerprint density at radius 1 is 1.25 bits per heavy atom. The van der Waals surface area contributed by atoms with Crippen LogP contribution in [0.5, 0.6) is 0 Å². The molecule has 2 aliphatic carbocycles. The van der Waals surface area contributed by atoms with E-state index in [2.05, 4.69) is 31.0 Å². The molecule has 2 atom stereocenters. The monoisotopic (exact) mass is 222 g/mol. The molecule has 0 aromatic carbocycles. The van der Waals surface area contributed by atoms with Crippen molar-refractivity contribution in [1.82, 2.24) is 10.2 Å². The van der Waals surface area contributed by atoms with Gasteiger partial charge in [0.15, 0.2) is 0 Å². The first-order valence-corrected chi connectivity index (χ1v) is 6.97. The molecule has 2 nitrogen and oxygen atoms in total. The maximum Gasteiger partial charge on any atom is 0.0309 e. The summed E-state index contributed by atoms with van der Waals surface area (Å²) in [6, 6.07) is 0. The highest BCUT2D eigenvalue weighted by atomic mass is 15.2. The third-order valence-corrected chi connectivity index (χ3v) is 5.18. The Hall–Kier alpha value is -0.0800. The van der Waals surface area contributed by atoms with E-state index in [9.17, 15) is 0 Å². The van der Waals surface area contributed by atoms with Gasteiger partial charge in [0.05, 0.1) is 0 Å². The van der Waals surface area contributed by atoms with Gasteiger partial charge in [-0.25, -0.2) is 0 Å².